The smallest absolute Gasteiger partial charge is 0.129 e. The molecule has 1 unspecified atom stereocenters. The van der Waals surface area contributed by atoms with Gasteiger partial charge in [-0.05, 0) is 30.7 Å². The van der Waals surface area contributed by atoms with Crippen LogP contribution in [0.1, 0.15) is 22.8 Å². The molecule has 94 valence electrons. The first-order valence-electron chi connectivity index (χ1n) is 5.38. The third kappa shape index (κ3) is 2.60. The fraction of sp³-hybridized carbons (Fsp3) is 0.143. The number of aliphatic hydroxyl groups is 1. The van der Waals surface area contributed by atoms with E-state index in [2.05, 4.69) is 15.9 Å². The zero-order valence-corrected chi connectivity index (χ0v) is 11.2. The highest BCUT2D eigenvalue weighted by Crippen LogP contribution is 2.30. The summed E-state index contributed by atoms with van der Waals surface area (Å²) in [6.07, 6.45) is -1.13. The first-order valence-corrected chi connectivity index (χ1v) is 6.17. The first-order chi connectivity index (χ1) is 8.49. The van der Waals surface area contributed by atoms with E-state index < -0.39 is 17.7 Å². The average Bonchev–Trinajstić information content (AvgIpc) is 2.31. The van der Waals surface area contributed by atoms with Crippen molar-refractivity contribution < 1.29 is 13.9 Å². The summed E-state index contributed by atoms with van der Waals surface area (Å²) in [6.45, 7) is 1.81. The van der Waals surface area contributed by atoms with Crippen LogP contribution in [0.5, 0.6) is 0 Å². The molecule has 0 spiro atoms. The normalized spacial score (nSPS) is 12.5. The SMILES string of the molecule is Cc1ccc(F)c(C(O)c2ccc(F)cc2Br)c1. The lowest BCUT2D eigenvalue weighted by Crippen LogP contribution is -2.04. The fourth-order valence-electron chi connectivity index (χ4n) is 1.76. The minimum absolute atomic E-state index is 0.183. The van der Waals surface area contributed by atoms with Crippen LogP contribution in [0.15, 0.2) is 40.9 Å². The Labute approximate surface area is 112 Å². The molecule has 0 bridgehead atoms. The van der Waals surface area contributed by atoms with Gasteiger partial charge in [-0.15, -0.1) is 0 Å². The van der Waals surface area contributed by atoms with Gasteiger partial charge in [-0.25, -0.2) is 8.78 Å². The van der Waals surface area contributed by atoms with E-state index in [4.69, 9.17) is 0 Å². The summed E-state index contributed by atoms with van der Waals surface area (Å²) in [5, 5.41) is 10.2. The predicted molar refractivity (Wildman–Crippen MR) is 69.3 cm³/mol. The number of aliphatic hydroxyl groups excluding tert-OH is 1. The zero-order chi connectivity index (χ0) is 13.3. The molecule has 0 amide bonds. The van der Waals surface area contributed by atoms with Crippen LogP contribution >= 0.6 is 15.9 Å². The molecule has 4 heteroatoms. The molecule has 0 fully saturated rings. The fourth-order valence-corrected chi connectivity index (χ4v) is 2.33. The van der Waals surface area contributed by atoms with Gasteiger partial charge < -0.3 is 5.11 Å². The van der Waals surface area contributed by atoms with Crippen LogP contribution in [-0.4, -0.2) is 5.11 Å². The number of hydrogen-bond acceptors (Lipinski definition) is 1. The van der Waals surface area contributed by atoms with Gasteiger partial charge in [0.2, 0.25) is 0 Å². The number of benzene rings is 2. The summed E-state index contributed by atoms with van der Waals surface area (Å²) in [6, 6.07) is 8.43. The second-order valence-corrected chi connectivity index (χ2v) is 4.95. The lowest BCUT2D eigenvalue weighted by molar-refractivity contribution is 0.214. The van der Waals surface area contributed by atoms with Crippen molar-refractivity contribution in [2.45, 2.75) is 13.0 Å². The van der Waals surface area contributed by atoms with Crippen molar-refractivity contribution in [2.24, 2.45) is 0 Å². The maximum atomic E-state index is 13.7. The molecule has 0 radical (unpaired) electrons. The summed E-state index contributed by atoms with van der Waals surface area (Å²) in [5.74, 6) is -0.896. The van der Waals surface area contributed by atoms with Gasteiger partial charge in [-0.1, -0.05) is 39.7 Å². The predicted octanol–water partition coefficient (Wildman–Crippen LogP) is 4.12. The Bertz CT molecular complexity index is 584. The molecule has 2 aromatic rings. The molecule has 1 N–H and O–H groups in total. The van der Waals surface area contributed by atoms with Crippen LogP contribution < -0.4 is 0 Å². The Kier molecular flexibility index (Phi) is 3.78. The van der Waals surface area contributed by atoms with Gasteiger partial charge in [0.05, 0.1) is 0 Å². The molecule has 2 rings (SSSR count). The van der Waals surface area contributed by atoms with Gasteiger partial charge in [0.25, 0.3) is 0 Å². The van der Waals surface area contributed by atoms with Crippen molar-refractivity contribution in [1.82, 2.24) is 0 Å². The number of aryl methyl sites for hydroxylation is 1. The molecule has 1 nitrogen and oxygen atoms in total. The van der Waals surface area contributed by atoms with Crippen LogP contribution in [0.2, 0.25) is 0 Å². The summed E-state index contributed by atoms with van der Waals surface area (Å²) >= 11 is 3.17. The third-order valence-corrected chi connectivity index (χ3v) is 3.39. The van der Waals surface area contributed by atoms with Crippen LogP contribution in [0.4, 0.5) is 8.78 Å². The van der Waals surface area contributed by atoms with Gasteiger partial charge in [0.1, 0.15) is 17.7 Å². The van der Waals surface area contributed by atoms with Gasteiger partial charge in [0, 0.05) is 10.0 Å². The van der Waals surface area contributed by atoms with E-state index in [0.717, 1.165) is 5.56 Å². The third-order valence-electron chi connectivity index (χ3n) is 2.70. The lowest BCUT2D eigenvalue weighted by atomic mass is 9.99. The zero-order valence-electron chi connectivity index (χ0n) is 9.62. The Morgan fingerprint density at radius 2 is 1.78 bits per heavy atom. The van der Waals surface area contributed by atoms with Gasteiger partial charge in [-0.2, -0.15) is 0 Å². The van der Waals surface area contributed by atoms with Crippen LogP contribution in [0.25, 0.3) is 0 Å². The van der Waals surface area contributed by atoms with E-state index in [9.17, 15) is 13.9 Å². The van der Waals surface area contributed by atoms with Crippen molar-refractivity contribution in [1.29, 1.82) is 0 Å². The van der Waals surface area contributed by atoms with Gasteiger partial charge in [0.15, 0.2) is 0 Å². The molecule has 18 heavy (non-hydrogen) atoms. The molecule has 2 aromatic carbocycles. The topological polar surface area (TPSA) is 20.2 Å². The molecular weight excluding hydrogens is 302 g/mol. The highest BCUT2D eigenvalue weighted by atomic mass is 79.9. The monoisotopic (exact) mass is 312 g/mol. The molecule has 0 saturated heterocycles. The summed E-state index contributed by atoms with van der Waals surface area (Å²) in [4.78, 5) is 0. The molecule has 0 saturated carbocycles. The van der Waals surface area contributed by atoms with E-state index in [-0.39, 0.29) is 5.56 Å². The van der Waals surface area contributed by atoms with E-state index in [1.54, 1.807) is 12.1 Å². The molecule has 0 aliphatic carbocycles. The molecule has 0 aliphatic heterocycles. The summed E-state index contributed by atoms with van der Waals surface area (Å²) in [7, 11) is 0. The molecule has 0 aliphatic rings. The maximum Gasteiger partial charge on any atom is 0.129 e. The first kappa shape index (κ1) is 13.2. The minimum Gasteiger partial charge on any atom is -0.384 e. The standard InChI is InChI=1S/C14H11BrF2O/c1-8-2-5-13(17)11(6-8)14(18)10-4-3-9(16)7-12(10)15/h2-7,14,18H,1H3. The van der Waals surface area contributed by atoms with Crippen molar-refractivity contribution >= 4 is 15.9 Å². The second kappa shape index (κ2) is 5.16. The Morgan fingerprint density at radius 3 is 2.44 bits per heavy atom. The van der Waals surface area contributed by atoms with Crippen LogP contribution in [0.3, 0.4) is 0 Å². The quantitative estimate of drug-likeness (QED) is 0.884. The van der Waals surface area contributed by atoms with E-state index in [1.807, 2.05) is 6.92 Å². The largest absolute Gasteiger partial charge is 0.384 e. The number of halogens is 3. The molecule has 0 aromatic heterocycles. The van der Waals surface area contributed by atoms with Crippen LogP contribution in [-0.2, 0) is 0 Å². The van der Waals surface area contributed by atoms with Crippen molar-refractivity contribution in [3.8, 4) is 0 Å². The number of rotatable bonds is 2. The number of hydrogen-bond donors (Lipinski definition) is 1. The molecule has 0 heterocycles. The van der Waals surface area contributed by atoms with E-state index >= 15 is 0 Å². The van der Waals surface area contributed by atoms with Gasteiger partial charge in [-0.3, -0.25) is 0 Å². The maximum absolute atomic E-state index is 13.7. The van der Waals surface area contributed by atoms with Crippen molar-refractivity contribution in [3.63, 3.8) is 0 Å². The van der Waals surface area contributed by atoms with Crippen molar-refractivity contribution in [2.75, 3.05) is 0 Å². The minimum atomic E-state index is -1.13. The average molecular weight is 313 g/mol. The van der Waals surface area contributed by atoms with Crippen molar-refractivity contribution in [3.05, 3.63) is 69.2 Å². The molecular formula is C14H11BrF2O. The molecule has 1 atom stereocenters. The summed E-state index contributed by atoms with van der Waals surface area (Å²) in [5.41, 5.74) is 1.46. The Hall–Kier alpha value is -1.26. The second-order valence-electron chi connectivity index (χ2n) is 4.09. The van der Waals surface area contributed by atoms with E-state index in [1.165, 1.54) is 24.3 Å². The summed E-state index contributed by atoms with van der Waals surface area (Å²) < 4.78 is 27.1. The van der Waals surface area contributed by atoms with Crippen LogP contribution in [0, 0.1) is 18.6 Å². The van der Waals surface area contributed by atoms with E-state index in [0.29, 0.717) is 10.0 Å². The Balaban J connectivity index is 2.47. The Morgan fingerprint density at radius 1 is 1.06 bits per heavy atom. The lowest BCUT2D eigenvalue weighted by Gasteiger charge is -2.14. The van der Waals surface area contributed by atoms with Gasteiger partial charge >= 0.3 is 0 Å². The highest BCUT2D eigenvalue weighted by Gasteiger charge is 2.17. The highest BCUT2D eigenvalue weighted by molar-refractivity contribution is 9.10.